The van der Waals surface area contributed by atoms with Crippen LogP contribution in [-0.4, -0.2) is 36.7 Å². The molecular weight excluding hydrogens is 232 g/mol. The Morgan fingerprint density at radius 3 is 3.00 bits per heavy atom. The predicted octanol–water partition coefficient (Wildman–Crippen LogP) is 2.38. The van der Waals surface area contributed by atoms with E-state index in [4.69, 9.17) is 4.42 Å². The quantitative estimate of drug-likeness (QED) is 0.836. The van der Waals surface area contributed by atoms with E-state index < -0.39 is 0 Å². The van der Waals surface area contributed by atoms with Crippen LogP contribution in [0.25, 0.3) is 11.1 Å². The minimum absolute atomic E-state index is 0.327. The van der Waals surface area contributed by atoms with Gasteiger partial charge in [0.15, 0.2) is 11.5 Å². The topological polar surface area (TPSA) is 55.6 Å². The van der Waals surface area contributed by atoms with Crippen LogP contribution in [0.1, 0.15) is 11.5 Å². The van der Waals surface area contributed by atoms with Crippen molar-refractivity contribution in [3.63, 3.8) is 0 Å². The highest BCUT2D eigenvalue weighted by molar-refractivity contribution is 5.73. The number of aryl methyl sites for hydroxylation is 1. The molecule has 1 amide bonds. The molecule has 2 rings (SSSR count). The van der Waals surface area contributed by atoms with Gasteiger partial charge in [-0.05, 0) is 24.1 Å². The molecule has 96 valence electrons. The van der Waals surface area contributed by atoms with E-state index in [-0.39, 0.29) is 6.09 Å². The van der Waals surface area contributed by atoms with Crippen molar-refractivity contribution < 1.29 is 13.9 Å². The van der Waals surface area contributed by atoms with Crippen molar-refractivity contribution in [2.24, 2.45) is 0 Å². The van der Waals surface area contributed by atoms with Crippen LogP contribution in [0.5, 0.6) is 0 Å². The predicted molar refractivity (Wildman–Crippen MR) is 67.5 cm³/mol. The maximum absolute atomic E-state index is 11.2. The number of benzene rings is 1. The lowest BCUT2D eigenvalue weighted by atomic mass is 10.1. The first-order valence-electron chi connectivity index (χ1n) is 5.75. The van der Waals surface area contributed by atoms with Crippen molar-refractivity contribution in [3.8, 4) is 0 Å². The molecule has 1 aromatic carbocycles. The lowest BCUT2D eigenvalue weighted by Crippen LogP contribution is -2.28. The molecule has 0 spiro atoms. The number of amides is 1. The van der Waals surface area contributed by atoms with E-state index in [0.29, 0.717) is 12.4 Å². The maximum Gasteiger partial charge on any atom is 0.409 e. The summed E-state index contributed by atoms with van der Waals surface area (Å²) >= 11 is 0. The van der Waals surface area contributed by atoms with Crippen LogP contribution in [0.4, 0.5) is 4.79 Å². The summed E-state index contributed by atoms with van der Waals surface area (Å²) in [6.07, 6.45) is 0.424. The third-order valence-electron chi connectivity index (χ3n) is 2.78. The first kappa shape index (κ1) is 12.4. The first-order chi connectivity index (χ1) is 8.60. The van der Waals surface area contributed by atoms with Crippen molar-refractivity contribution in [1.82, 2.24) is 9.88 Å². The molecule has 0 unspecified atom stereocenters. The number of aromatic nitrogens is 1. The number of rotatable bonds is 3. The van der Waals surface area contributed by atoms with E-state index in [1.165, 1.54) is 12.0 Å². The Kier molecular flexibility index (Phi) is 3.50. The minimum Gasteiger partial charge on any atom is -0.453 e. The summed E-state index contributed by atoms with van der Waals surface area (Å²) in [5.74, 6) is 0.661. The Balaban J connectivity index is 2.05. The summed E-state index contributed by atoms with van der Waals surface area (Å²) in [4.78, 5) is 17.0. The van der Waals surface area contributed by atoms with E-state index in [1.54, 1.807) is 7.05 Å². The molecule has 0 saturated carbocycles. The number of carbonyl (C=O) groups is 1. The molecule has 0 aliphatic carbocycles. The van der Waals surface area contributed by atoms with Crippen molar-refractivity contribution in [3.05, 3.63) is 29.7 Å². The Labute approximate surface area is 105 Å². The van der Waals surface area contributed by atoms with Gasteiger partial charge in [-0.3, -0.25) is 0 Å². The van der Waals surface area contributed by atoms with Crippen LogP contribution in [0.3, 0.4) is 0 Å². The second-order valence-electron chi connectivity index (χ2n) is 4.18. The molecule has 0 atom stereocenters. The largest absolute Gasteiger partial charge is 0.453 e. The van der Waals surface area contributed by atoms with Crippen LogP contribution in [0, 0.1) is 6.92 Å². The molecule has 5 nitrogen and oxygen atoms in total. The van der Waals surface area contributed by atoms with Crippen LogP contribution >= 0.6 is 0 Å². The van der Waals surface area contributed by atoms with E-state index in [2.05, 4.69) is 9.72 Å². The third kappa shape index (κ3) is 2.61. The van der Waals surface area contributed by atoms with Gasteiger partial charge in [-0.1, -0.05) is 6.07 Å². The summed E-state index contributed by atoms with van der Waals surface area (Å²) in [6.45, 7) is 2.43. The number of hydrogen-bond acceptors (Lipinski definition) is 4. The lowest BCUT2D eigenvalue weighted by molar-refractivity contribution is 0.134. The zero-order valence-electron chi connectivity index (χ0n) is 10.8. The number of carbonyl (C=O) groups excluding carboxylic acids is 1. The highest BCUT2D eigenvalue weighted by Gasteiger charge is 2.08. The fourth-order valence-electron chi connectivity index (χ4n) is 1.78. The summed E-state index contributed by atoms with van der Waals surface area (Å²) < 4.78 is 10.1. The molecule has 0 radical (unpaired) electrons. The van der Waals surface area contributed by atoms with Gasteiger partial charge in [0, 0.05) is 20.5 Å². The van der Waals surface area contributed by atoms with Gasteiger partial charge in [0.2, 0.25) is 0 Å². The van der Waals surface area contributed by atoms with Crippen molar-refractivity contribution in [1.29, 1.82) is 0 Å². The summed E-state index contributed by atoms with van der Waals surface area (Å²) in [5.41, 5.74) is 2.75. The molecule has 2 aromatic rings. The number of methoxy groups -OCH3 is 1. The zero-order chi connectivity index (χ0) is 13.1. The Bertz CT molecular complexity index is 562. The molecule has 1 heterocycles. The van der Waals surface area contributed by atoms with Gasteiger partial charge in [-0.2, -0.15) is 0 Å². The Morgan fingerprint density at radius 1 is 1.50 bits per heavy atom. The zero-order valence-corrected chi connectivity index (χ0v) is 10.8. The van der Waals surface area contributed by atoms with Gasteiger partial charge >= 0.3 is 6.09 Å². The van der Waals surface area contributed by atoms with Gasteiger partial charge < -0.3 is 14.1 Å². The van der Waals surface area contributed by atoms with Crippen LogP contribution < -0.4 is 0 Å². The monoisotopic (exact) mass is 248 g/mol. The first-order valence-corrected chi connectivity index (χ1v) is 5.75. The van der Waals surface area contributed by atoms with Crippen LogP contribution in [0.15, 0.2) is 22.6 Å². The fraction of sp³-hybridized carbons (Fsp3) is 0.385. The molecule has 0 bridgehead atoms. The molecule has 0 N–H and O–H groups in total. The SMILES string of the molecule is COC(=O)N(C)CCc1ccc2nc(C)oc2c1. The fourth-order valence-corrected chi connectivity index (χ4v) is 1.78. The third-order valence-corrected chi connectivity index (χ3v) is 2.78. The molecule has 5 heteroatoms. The normalized spacial score (nSPS) is 10.6. The van der Waals surface area contributed by atoms with Gasteiger partial charge in [0.1, 0.15) is 5.52 Å². The molecule has 0 aliphatic rings. The molecule has 0 aliphatic heterocycles. The number of fused-ring (bicyclic) bond motifs is 1. The Morgan fingerprint density at radius 2 is 2.28 bits per heavy atom. The average molecular weight is 248 g/mol. The number of nitrogens with zero attached hydrogens (tertiary/aromatic N) is 2. The van der Waals surface area contributed by atoms with E-state index in [1.807, 2.05) is 25.1 Å². The standard InChI is InChI=1S/C13H16N2O3/c1-9-14-11-5-4-10(8-12(11)18-9)6-7-15(2)13(16)17-3/h4-5,8H,6-7H2,1-3H3. The van der Waals surface area contributed by atoms with Crippen molar-refractivity contribution >= 4 is 17.2 Å². The van der Waals surface area contributed by atoms with E-state index >= 15 is 0 Å². The summed E-state index contributed by atoms with van der Waals surface area (Å²) in [6, 6.07) is 5.88. The second kappa shape index (κ2) is 5.08. The maximum atomic E-state index is 11.2. The molecular formula is C13H16N2O3. The van der Waals surface area contributed by atoms with Crippen molar-refractivity contribution in [2.45, 2.75) is 13.3 Å². The number of ether oxygens (including phenoxy) is 1. The minimum atomic E-state index is -0.327. The summed E-state index contributed by atoms with van der Waals surface area (Å²) in [5, 5.41) is 0. The van der Waals surface area contributed by atoms with Gasteiger partial charge in [-0.25, -0.2) is 9.78 Å². The highest BCUT2D eigenvalue weighted by Crippen LogP contribution is 2.17. The number of likely N-dealkylation sites (N-methyl/N-ethyl adjacent to an activating group) is 1. The van der Waals surface area contributed by atoms with Gasteiger partial charge in [-0.15, -0.1) is 0 Å². The second-order valence-corrected chi connectivity index (χ2v) is 4.18. The van der Waals surface area contributed by atoms with E-state index in [9.17, 15) is 4.79 Å². The van der Waals surface area contributed by atoms with Crippen molar-refractivity contribution in [2.75, 3.05) is 20.7 Å². The van der Waals surface area contributed by atoms with Crippen LogP contribution in [-0.2, 0) is 11.2 Å². The highest BCUT2D eigenvalue weighted by atomic mass is 16.5. The molecule has 18 heavy (non-hydrogen) atoms. The summed E-state index contributed by atoms with van der Waals surface area (Å²) in [7, 11) is 3.09. The lowest BCUT2D eigenvalue weighted by Gasteiger charge is -2.14. The molecule has 0 fully saturated rings. The van der Waals surface area contributed by atoms with Crippen LogP contribution in [0.2, 0.25) is 0 Å². The van der Waals surface area contributed by atoms with Gasteiger partial charge in [0.05, 0.1) is 7.11 Å². The molecule has 1 aromatic heterocycles. The number of oxazole rings is 1. The number of hydrogen-bond donors (Lipinski definition) is 0. The Hall–Kier alpha value is -2.04. The average Bonchev–Trinajstić information content (AvgIpc) is 2.74. The van der Waals surface area contributed by atoms with E-state index in [0.717, 1.165) is 23.1 Å². The smallest absolute Gasteiger partial charge is 0.409 e. The van der Waals surface area contributed by atoms with Gasteiger partial charge in [0.25, 0.3) is 0 Å². The molecule has 0 saturated heterocycles.